The van der Waals surface area contributed by atoms with Crippen molar-refractivity contribution in [2.75, 3.05) is 0 Å². The lowest BCUT2D eigenvalue weighted by Gasteiger charge is -2.24. The zero-order chi connectivity index (χ0) is 26.0. The third-order valence-electron chi connectivity index (χ3n) is 7.82. The Bertz CT molecular complexity index is 2210. The Labute approximate surface area is 231 Å². The molecule has 2 heterocycles. The predicted molar refractivity (Wildman–Crippen MR) is 171 cm³/mol. The van der Waals surface area contributed by atoms with E-state index in [1.807, 2.05) is 0 Å². The molecule has 0 amide bonds. The van der Waals surface area contributed by atoms with Crippen LogP contribution in [-0.2, 0) is 11.8 Å². The Hall–Kier alpha value is -4.30. The number of fused-ring (bicyclic) bond motifs is 10. The maximum absolute atomic E-state index is 6.64. The van der Waals surface area contributed by atoms with Crippen molar-refractivity contribution in [3.05, 3.63) is 140 Å². The molecule has 0 radical (unpaired) electrons. The van der Waals surface area contributed by atoms with Crippen molar-refractivity contribution >= 4 is 82.9 Å². The molecule has 8 rings (SSSR count). The van der Waals surface area contributed by atoms with Crippen LogP contribution in [0.2, 0.25) is 0 Å². The summed E-state index contributed by atoms with van der Waals surface area (Å²) in [5.41, 5.74) is 4.25. The van der Waals surface area contributed by atoms with Gasteiger partial charge in [0.25, 0.3) is 0 Å². The van der Waals surface area contributed by atoms with Crippen molar-refractivity contribution in [3.63, 3.8) is 0 Å². The van der Waals surface area contributed by atoms with Gasteiger partial charge in [-0.15, -0.1) is 0 Å². The number of benzene rings is 6. The number of nitrogens with zero attached hydrogens (tertiary/aromatic N) is 2. The highest BCUT2D eigenvalue weighted by atomic mass is 32.4. The van der Waals surface area contributed by atoms with E-state index in [0.717, 1.165) is 27.4 Å². The molecular formula is C35H23N2PS. The zero-order valence-electron chi connectivity index (χ0n) is 21.0. The van der Waals surface area contributed by atoms with Gasteiger partial charge in [0.05, 0.1) is 16.6 Å². The highest BCUT2D eigenvalue weighted by Gasteiger charge is 2.26. The molecule has 0 aliphatic heterocycles. The number of pyridine rings is 1. The standard InChI is InChI=1S/C35H23N2PS/c39-38(25-12-3-1-4-13-25,26-14-5-2-6-15-26)27-20-22-33-32(23-27)36-35-31-18-10-9-17-29(31)30-21-19-24-11-7-8-16-28(24)34(30)37(33)35/h1-23H. The van der Waals surface area contributed by atoms with Crippen LogP contribution in [-0.4, -0.2) is 9.38 Å². The van der Waals surface area contributed by atoms with Gasteiger partial charge < -0.3 is 0 Å². The Balaban J connectivity index is 1.51. The molecule has 0 spiro atoms. The number of rotatable bonds is 3. The van der Waals surface area contributed by atoms with E-state index in [2.05, 4.69) is 144 Å². The van der Waals surface area contributed by atoms with Gasteiger partial charge in [-0.25, -0.2) is 4.98 Å². The van der Waals surface area contributed by atoms with E-state index in [1.165, 1.54) is 37.7 Å². The molecule has 39 heavy (non-hydrogen) atoms. The second-order valence-electron chi connectivity index (χ2n) is 9.95. The van der Waals surface area contributed by atoms with Gasteiger partial charge in [0.1, 0.15) is 5.65 Å². The molecule has 2 nitrogen and oxygen atoms in total. The summed E-state index contributed by atoms with van der Waals surface area (Å²) in [5.74, 6) is 0. The molecule has 0 saturated carbocycles. The highest BCUT2D eigenvalue weighted by Crippen LogP contribution is 2.44. The van der Waals surface area contributed by atoms with Crippen molar-refractivity contribution in [1.82, 2.24) is 9.38 Å². The number of aromatic nitrogens is 2. The maximum atomic E-state index is 6.64. The Morgan fingerprint density at radius 2 is 1.13 bits per heavy atom. The largest absolute Gasteiger partial charge is 0.291 e. The molecule has 0 bridgehead atoms. The first kappa shape index (κ1) is 22.7. The fraction of sp³-hybridized carbons (Fsp3) is 0. The normalized spacial score (nSPS) is 12.2. The first-order chi connectivity index (χ1) is 19.2. The molecule has 8 aromatic rings. The third-order valence-corrected chi connectivity index (χ3v) is 12.8. The van der Waals surface area contributed by atoms with E-state index in [4.69, 9.17) is 16.8 Å². The van der Waals surface area contributed by atoms with E-state index >= 15 is 0 Å². The summed E-state index contributed by atoms with van der Waals surface area (Å²) in [7, 11) is 0. The molecule has 4 heteroatoms. The van der Waals surface area contributed by atoms with Gasteiger partial charge in [-0.2, -0.15) is 0 Å². The van der Waals surface area contributed by atoms with Crippen molar-refractivity contribution in [1.29, 1.82) is 0 Å². The molecule has 2 aromatic heterocycles. The topological polar surface area (TPSA) is 17.3 Å². The Morgan fingerprint density at radius 3 is 1.85 bits per heavy atom. The van der Waals surface area contributed by atoms with Crippen molar-refractivity contribution < 1.29 is 0 Å². The summed E-state index contributed by atoms with van der Waals surface area (Å²) < 4.78 is 2.35. The second-order valence-corrected chi connectivity index (χ2v) is 14.4. The number of hydrogen-bond acceptors (Lipinski definition) is 2. The lowest BCUT2D eigenvalue weighted by Crippen LogP contribution is -2.24. The quantitative estimate of drug-likeness (QED) is 0.171. The van der Waals surface area contributed by atoms with Gasteiger partial charge in [-0.05, 0) is 38.8 Å². The molecule has 6 aromatic carbocycles. The van der Waals surface area contributed by atoms with E-state index in [0.29, 0.717) is 0 Å². The second kappa shape index (κ2) is 8.61. The van der Waals surface area contributed by atoms with Crippen molar-refractivity contribution in [3.8, 4) is 0 Å². The van der Waals surface area contributed by atoms with Crippen LogP contribution in [0.1, 0.15) is 0 Å². The summed E-state index contributed by atoms with van der Waals surface area (Å²) in [6.45, 7) is 0. The van der Waals surface area contributed by atoms with Crippen LogP contribution >= 0.6 is 6.04 Å². The van der Waals surface area contributed by atoms with E-state index in [1.54, 1.807) is 0 Å². The van der Waals surface area contributed by atoms with Gasteiger partial charge in [0, 0.05) is 22.2 Å². The molecule has 184 valence electrons. The van der Waals surface area contributed by atoms with E-state index in [-0.39, 0.29) is 0 Å². The van der Waals surface area contributed by atoms with Crippen LogP contribution in [0.3, 0.4) is 0 Å². The number of imidazole rings is 1. The van der Waals surface area contributed by atoms with Crippen molar-refractivity contribution in [2.45, 2.75) is 0 Å². The Kier molecular flexibility index (Phi) is 5.00. The smallest absolute Gasteiger partial charge is 0.146 e. The summed E-state index contributed by atoms with van der Waals surface area (Å²) in [4.78, 5) is 5.30. The minimum absolute atomic E-state index is 0.971. The van der Waals surface area contributed by atoms with Crippen LogP contribution in [0.15, 0.2) is 140 Å². The highest BCUT2D eigenvalue weighted by molar-refractivity contribution is 8.25. The molecule has 0 aliphatic rings. The first-order valence-electron chi connectivity index (χ1n) is 13.1. The number of hydrogen-bond donors (Lipinski definition) is 0. The molecule has 0 N–H and O–H groups in total. The van der Waals surface area contributed by atoms with Gasteiger partial charge in [-0.3, -0.25) is 4.40 Å². The maximum Gasteiger partial charge on any atom is 0.146 e. The fourth-order valence-electron chi connectivity index (χ4n) is 6.02. The molecule has 0 saturated heterocycles. The van der Waals surface area contributed by atoms with Crippen LogP contribution in [0.25, 0.3) is 49.1 Å². The lowest BCUT2D eigenvalue weighted by atomic mass is 10.0. The average molecular weight is 535 g/mol. The van der Waals surface area contributed by atoms with Crippen LogP contribution in [0, 0.1) is 0 Å². The molecular weight excluding hydrogens is 511 g/mol. The summed E-state index contributed by atoms with van der Waals surface area (Å²) in [6.07, 6.45) is 0. The summed E-state index contributed by atoms with van der Waals surface area (Å²) >= 11 is 6.64. The summed E-state index contributed by atoms with van der Waals surface area (Å²) in [6, 6.07) is 47.3. The minimum Gasteiger partial charge on any atom is -0.291 e. The zero-order valence-corrected chi connectivity index (χ0v) is 22.7. The van der Waals surface area contributed by atoms with E-state index < -0.39 is 6.04 Å². The van der Waals surface area contributed by atoms with Gasteiger partial charge >= 0.3 is 0 Å². The van der Waals surface area contributed by atoms with Crippen molar-refractivity contribution in [2.24, 2.45) is 0 Å². The Morgan fingerprint density at radius 1 is 0.513 bits per heavy atom. The lowest BCUT2D eigenvalue weighted by molar-refractivity contribution is 1.32. The summed E-state index contributed by atoms with van der Waals surface area (Å²) in [5, 5.41) is 9.61. The molecule has 0 unspecified atom stereocenters. The molecule has 0 atom stereocenters. The van der Waals surface area contributed by atoms with Crippen LogP contribution in [0.4, 0.5) is 0 Å². The van der Waals surface area contributed by atoms with E-state index in [9.17, 15) is 0 Å². The van der Waals surface area contributed by atoms with Gasteiger partial charge in [-0.1, -0.05) is 139 Å². The predicted octanol–water partition coefficient (Wildman–Crippen LogP) is 7.70. The SMILES string of the molecule is S=P(c1ccccc1)(c1ccccc1)c1ccc2c(c1)nc1c3ccccc3c3ccc4ccccc4c3n21. The average Bonchev–Trinajstić information content (AvgIpc) is 3.40. The third kappa shape index (κ3) is 3.27. The van der Waals surface area contributed by atoms with Crippen LogP contribution in [0.5, 0.6) is 0 Å². The van der Waals surface area contributed by atoms with Crippen LogP contribution < -0.4 is 15.9 Å². The molecule has 0 fully saturated rings. The first-order valence-corrected chi connectivity index (χ1v) is 15.9. The monoisotopic (exact) mass is 534 g/mol. The van der Waals surface area contributed by atoms with Gasteiger partial charge in [0.2, 0.25) is 0 Å². The fourth-order valence-corrected chi connectivity index (χ4v) is 9.76. The van der Waals surface area contributed by atoms with Gasteiger partial charge in [0.15, 0.2) is 0 Å². The minimum atomic E-state index is -2.28. The molecule has 0 aliphatic carbocycles.